The van der Waals surface area contributed by atoms with E-state index in [4.69, 9.17) is 32.4 Å². The predicted molar refractivity (Wildman–Crippen MR) is 99.6 cm³/mol. The topological polar surface area (TPSA) is 47.3 Å². The van der Waals surface area contributed by atoms with E-state index in [0.717, 1.165) is 36.9 Å². The van der Waals surface area contributed by atoms with E-state index in [-0.39, 0.29) is 0 Å². The molecule has 0 spiro atoms. The van der Waals surface area contributed by atoms with E-state index in [9.17, 15) is 0 Å². The molecule has 0 atom stereocenters. The zero-order valence-electron chi connectivity index (χ0n) is 13.6. The quantitative estimate of drug-likeness (QED) is 0.681. The molecule has 0 unspecified atom stereocenters. The number of hydrogen-bond donors (Lipinski definition) is 1. The van der Waals surface area contributed by atoms with Gasteiger partial charge >= 0.3 is 0 Å². The molecule has 130 valence electrons. The third kappa shape index (κ3) is 3.47. The van der Waals surface area contributed by atoms with Crippen molar-refractivity contribution in [3.8, 4) is 5.88 Å². The highest BCUT2D eigenvalue weighted by molar-refractivity contribution is 6.36. The Hall–Kier alpha value is -1.75. The molecule has 0 radical (unpaired) electrons. The van der Waals surface area contributed by atoms with Gasteiger partial charge in [-0.25, -0.2) is 4.98 Å². The molecule has 2 aromatic heterocycles. The molecule has 1 saturated heterocycles. The molecule has 1 aromatic carbocycles. The molecule has 4 nitrogen and oxygen atoms in total. The van der Waals surface area contributed by atoms with Crippen LogP contribution in [0, 0.1) is 0 Å². The lowest BCUT2D eigenvalue weighted by Gasteiger charge is -2.24. The van der Waals surface area contributed by atoms with Gasteiger partial charge in [-0.1, -0.05) is 23.7 Å². The van der Waals surface area contributed by atoms with Gasteiger partial charge in [-0.05, 0) is 55.6 Å². The van der Waals surface area contributed by atoms with E-state index in [0.29, 0.717) is 34.2 Å². The van der Waals surface area contributed by atoms with Crippen molar-refractivity contribution >= 4 is 34.2 Å². The summed E-state index contributed by atoms with van der Waals surface area (Å²) in [5.41, 5.74) is 2.73. The highest BCUT2D eigenvalue weighted by Crippen LogP contribution is 2.34. The molecule has 3 heterocycles. The number of fused-ring (bicyclic) bond motifs is 1. The van der Waals surface area contributed by atoms with Crippen molar-refractivity contribution in [1.29, 1.82) is 0 Å². The van der Waals surface area contributed by atoms with Crippen LogP contribution in [0.5, 0.6) is 5.88 Å². The zero-order chi connectivity index (χ0) is 17.2. The van der Waals surface area contributed by atoms with Crippen LogP contribution in [0.15, 0.2) is 40.9 Å². The van der Waals surface area contributed by atoms with Crippen LogP contribution < -0.4 is 10.1 Å². The van der Waals surface area contributed by atoms with Crippen LogP contribution in [0.4, 0.5) is 0 Å². The Bertz CT molecular complexity index is 888. The van der Waals surface area contributed by atoms with E-state index in [1.165, 1.54) is 5.56 Å². The van der Waals surface area contributed by atoms with Gasteiger partial charge in [0.25, 0.3) is 0 Å². The third-order valence-corrected chi connectivity index (χ3v) is 5.14. The fourth-order valence-corrected chi connectivity index (χ4v) is 3.73. The molecule has 6 heteroatoms. The molecule has 4 rings (SSSR count). The molecule has 3 aromatic rings. The lowest BCUT2D eigenvalue weighted by molar-refractivity contribution is 0.285. The molecule has 1 aliphatic heterocycles. The van der Waals surface area contributed by atoms with Crippen molar-refractivity contribution in [3.63, 3.8) is 0 Å². The summed E-state index contributed by atoms with van der Waals surface area (Å²) in [7, 11) is 0. The maximum absolute atomic E-state index is 6.21. The molecule has 0 saturated carbocycles. The summed E-state index contributed by atoms with van der Waals surface area (Å²) in [6.07, 6.45) is 3.96. The maximum Gasteiger partial charge on any atom is 0.217 e. The van der Waals surface area contributed by atoms with Gasteiger partial charge in [0, 0.05) is 28.8 Å². The monoisotopic (exact) mass is 376 g/mol. The van der Waals surface area contributed by atoms with Crippen molar-refractivity contribution in [3.05, 3.63) is 57.9 Å². The summed E-state index contributed by atoms with van der Waals surface area (Å²) < 4.78 is 11.6. The van der Waals surface area contributed by atoms with Crippen LogP contribution in [0.2, 0.25) is 10.2 Å². The number of furan rings is 1. The van der Waals surface area contributed by atoms with E-state index in [2.05, 4.69) is 16.4 Å². The van der Waals surface area contributed by atoms with Gasteiger partial charge < -0.3 is 14.5 Å². The van der Waals surface area contributed by atoms with Gasteiger partial charge in [-0.15, -0.1) is 0 Å². The van der Waals surface area contributed by atoms with Crippen molar-refractivity contribution in [2.75, 3.05) is 13.1 Å². The number of ether oxygens (including phenoxy) is 1. The van der Waals surface area contributed by atoms with E-state index >= 15 is 0 Å². The van der Waals surface area contributed by atoms with Crippen molar-refractivity contribution in [2.45, 2.75) is 25.4 Å². The second-order valence-corrected chi connectivity index (χ2v) is 6.99. The molecule has 1 fully saturated rings. The summed E-state index contributed by atoms with van der Waals surface area (Å²) >= 11 is 12.2. The lowest BCUT2D eigenvalue weighted by Crippen LogP contribution is -2.27. The van der Waals surface area contributed by atoms with Crippen LogP contribution >= 0.6 is 23.2 Å². The molecule has 1 aliphatic rings. The second-order valence-electron chi connectivity index (χ2n) is 6.21. The number of aromatic nitrogens is 1. The highest BCUT2D eigenvalue weighted by atomic mass is 35.5. The Balaban J connectivity index is 1.59. The number of hydrogen-bond acceptors (Lipinski definition) is 4. The minimum Gasteiger partial charge on any atom is -0.472 e. The number of benzene rings is 1. The first-order valence-corrected chi connectivity index (χ1v) is 9.13. The smallest absolute Gasteiger partial charge is 0.217 e. The number of pyridine rings is 1. The molecule has 1 N–H and O–H groups in total. The summed E-state index contributed by atoms with van der Waals surface area (Å²) in [5, 5.41) is 5.12. The number of nitrogens with one attached hydrogen (secondary N) is 1. The van der Waals surface area contributed by atoms with Crippen LogP contribution in [-0.4, -0.2) is 18.1 Å². The molecular formula is C19H18Cl2N2O2. The molecule has 0 amide bonds. The minimum absolute atomic E-state index is 0.317. The van der Waals surface area contributed by atoms with Crippen molar-refractivity contribution in [1.82, 2.24) is 10.3 Å². The summed E-state index contributed by atoms with van der Waals surface area (Å²) in [4.78, 5) is 4.45. The van der Waals surface area contributed by atoms with E-state index in [1.54, 1.807) is 12.3 Å². The first-order valence-electron chi connectivity index (χ1n) is 8.37. The number of rotatable bonds is 4. The largest absolute Gasteiger partial charge is 0.472 e. The van der Waals surface area contributed by atoms with Crippen LogP contribution in [0.25, 0.3) is 11.0 Å². The molecule has 0 aliphatic carbocycles. The summed E-state index contributed by atoms with van der Waals surface area (Å²) in [5.74, 6) is 1.17. The van der Waals surface area contributed by atoms with Crippen molar-refractivity contribution in [2.24, 2.45) is 0 Å². The number of piperidine rings is 1. The standard InChI is InChI=1S/C19H18Cl2N2O2/c20-16-4-3-13(18-15(16)10-17(21)25-18)11-24-19-14(2-1-7-23-19)12-5-8-22-9-6-12/h1-4,7,10,12,22H,5-6,8-9,11H2. The van der Waals surface area contributed by atoms with Gasteiger partial charge in [0.05, 0.1) is 5.02 Å². The Morgan fingerprint density at radius 3 is 2.88 bits per heavy atom. The molecule has 25 heavy (non-hydrogen) atoms. The zero-order valence-corrected chi connectivity index (χ0v) is 15.1. The third-order valence-electron chi connectivity index (χ3n) is 4.63. The molecule has 0 bridgehead atoms. The van der Waals surface area contributed by atoms with Crippen LogP contribution in [-0.2, 0) is 6.61 Å². The number of nitrogens with zero attached hydrogens (tertiary/aromatic N) is 1. The van der Waals surface area contributed by atoms with Gasteiger partial charge in [0.2, 0.25) is 5.88 Å². The van der Waals surface area contributed by atoms with Gasteiger partial charge in [0.15, 0.2) is 5.22 Å². The van der Waals surface area contributed by atoms with E-state index in [1.807, 2.05) is 18.2 Å². The van der Waals surface area contributed by atoms with Gasteiger partial charge in [0.1, 0.15) is 12.2 Å². The van der Waals surface area contributed by atoms with Gasteiger partial charge in [-0.2, -0.15) is 0 Å². The fourth-order valence-electron chi connectivity index (χ4n) is 3.34. The fraction of sp³-hybridized carbons (Fsp3) is 0.316. The van der Waals surface area contributed by atoms with Gasteiger partial charge in [-0.3, -0.25) is 0 Å². The van der Waals surface area contributed by atoms with Crippen LogP contribution in [0.1, 0.15) is 29.9 Å². The Kier molecular flexibility index (Phi) is 4.84. The Labute approximate surface area is 156 Å². The molecular weight excluding hydrogens is 359 g/mol. The Morgan fingerprint density at radius 1 is 1.20 bits per heavy atom. The lowest BCUT2D eigenvalue weighted by atomic mass is 9.91. The maximum atomic E-state index is 6.21. The first-order chi connectivity index (χ1) is 12.2. The number of halogens is 2. The van der Waals surface area contributed by atoms with Crippen LogP contribution in [0.3, 0.4) is 0 Å². The summed E-state index contributed by atoms with van der Waals surface area (Å²) in [6, 6.07) is 9.54. The van der Waals surface area contributed by atoms with Crippen molar-refractivity contribution < 1.29 is 9.15 Å². The predicted octanol–water partition coefficient (Wildman–Crippen LogP) is 5.18. The normalized spacial score (nSPS) is 15.6. The SMILES string of the molecule is Clc1cc2c(Cl)ccc(COc3ncccc3C3CCNCC3)c2o1. The average molecular weight is 377 g/mol. The summed E-state index contributed by atoms with van der Waals surface area (Å²) in [6.45, 7) is 2.41. The average Bonchev–Trinajstić information content (AvgIpc) is 3.05. The minimum atomic E-state index is 0.317. The highest BCUT2D eigenvalue weighted by Gasteiger charge is 2.20. The first kappa shape index (κ1) is 16.7. The second kappa shape index (κ2) is 7.24. The van der Waals surface area contributed by atoms with E-state index < -0.39 is 0 Å². The Morgan fingerprint density at radius 2 is 2.04 bits per heavy atom.